The summed E-state index contributed by atoms with van der Waals surface area (Å²) in [4.78, 5) is 16.7. The molecule has 0 saturated carbocycles. The first-order valence-electron chi connectivity index (χ1n) is 10.6. The molecule has 1 N–H and O–H groups in total. The van der Waals surface area contributed by atoms with Gasteiger partial charge in [-0.05, 0) is 48.2 Å². The first kappa shape index (κ1) is 21.8. The smallest absolute Gasteiger partial charge is 0.230 e. The molecule has 0 aliphatic carbocycles. The van der Waals surface area contributed by atoms with E-state index in [1.165, 1.54) is 22.9 Å². The fourth-order valence-corrected chi connectivity index (χ4v) is 4.30. The van der Waals surface area contributed by atoms with Gasteiger partial charge in [0.15, 0.2) is 11.0 Å². The number of nitrogens with zero attached hydrogens (tertiary/aromatic N) is 4. The van der Waals surface area contributed by atoms with Gasteiger partial charge in [0, 0.05) is 18.0 Å². The Labute approximate surface area is 191 Å². The van der Waals surface area contributed by atoms with Crippen LogP contribution >= 0.6 is 11.8 Å². The molecule has 0 radical (unpaired) electrons. The van der Waals surface area contributed by atoms with Gasteiger partial charge in [-0.3, -0.25) is 14.3 Å². The van der Waals surface area contributed by atoms with Crippen LogP contribution in [0.3, 0.4) is 0 Å². The number of nitrogens with one attached hydrogen (secondary N) is 1. The third-order valence-electron chi connectivity index (χ3n) is 5.11. The summed E-state index contributed by atoms with van der Waals surface area (Å²) >= 11 is 1.37. The summed E-state index contributed by atoms with van der Waals surface area (Å²) in [7, 11) is 0. The van der Waals surface area contributed by atoms with Gasteiger partial charge in [-0.2, -0.15) is 0 Å². The van der Waals surface area contributed by atoms with E-state index < -0.39 is 0 Å². The average Bonchev–Trinajstić information content (AvgIpc) is 3.51. The van der Waals surface area contributed by atoms with Crippen LogP contribution < -0.4 is 5.32 Å². The van der Waals surface area contributed by atoms with Crippen LogP contribution in [0.4, 0.5) is 0 Å². The Bertz CT molecular complexity index is 1150. The molecule has 0 atom stereocenters. The lowest BCUT2D eigenvalue weighted by Gasteiger charge is -2.17. The number of furan rings is 1. The van der Waals surface area contributed by atoms with Gasteiger partial charge in [0.2, 0.25) is 5.91 Å². The van der Waals surface area contributed by atoms with Gasteiger partial charge in [-0.15, -0.1) is 10.2 Å². The predicted molar refractivity (Wildman–Crippen MR) is 125 cm³/mol. The van der Waals surface area contributed by atoms with Crippen molar-refractivity contribution in [3.8, 4) is 17.1 Å². The van der Waals surface area contributed by atoms with Crippen molar-refractivity contribution in [2.75, 3.05) is 5.75 Å². The summed E-state index contributed by atoms with van der Waals surface area (Å²) in [6.07, 6.45) is 6.87. The highest BCUT2D eigenvalue weighted by Gasteiger charge is 2.21. The Morgan fingerprint density at radius 1 is 1.06 bits per heavy atom. The van der Waals surface area contributed by atoms with Crippen LogP contribution in [-0.2, 0) is 24.2 Å². The number of rotatable bonds is 9. The number of carbonyl (C=O) groups is 1. The summed E-state index contributed by atoms with van der Waals surface area (Å²) < 4.78 is 7.34. The molecule has 4 rings (SSSR count). The van der Waals surface area contributed by atoms with Gasteiger partial charge < -0.3 is 9.73 Å². The quantitative estimate of drug-likeness (QED) is 0.381. The fourth-order valence-electron chi connectivity index (χ4n) is 3.53. The number of amides is 1. The molecule has 3 heterocycles. The number of aryl methyl sites for hydroxylation is 2. The zero-order chi connectivity index (χ0) is 22.3. The van der Waals surface area contributed by atoms with Crippen molar-refractivity contribution in [3.63, 3.8) is 0 Å². The molecule has 0 bridgehead atoms. The number of benzene rings is 1. The third kappa shape index (κ3) is 4.75. The molecule has 0 unspecified atom stereocenters. The Hall–Kier alpha value is -3.39. The Kier molecular flexibility index (Phi) is 7.01. The minimum atomic E-state index is -0.0941. The van der Waals surface area contributed by atoms with Crippen molar-refractivity contribution in [2.45, 2.75) is 38.4 Å². The first-order chi connectivity index (χ1) is 15.7. The molecule has 1 aromatic carbocycles. The van der Waals surface area contributed by atoms with Gasteiger partial charge in [-0.1, -0.05) is 43.8 Å². The van der Waals surface area contributed by atoms with Crippen LogP contribution in [0.15, 0.2) is 70.7 Å². The van der Waals surface area contributed by atoms with E-state index in [-0.39, 0.29) is 11.7 Å². The highest BCUT2D eigenvalue weighted by atomic mass is 32.2. The van der Waals surface area contributed by atoms with E-state index in [1.54, 1.807) is 24.7 Å². The molecule has 0 spiro atoms. The Morgan fingerprint density at radius 2 is 1.88 bits per heavy atom. The molecular formula is C24H25N5O2S. The van der Waals surface area contributed by atoms with Crippen molar-refractivity contribution >= 4 is 17.7 Å². The highest BCUT2D eigenvalue weighted by molar-refractivity contribution is 7.99. The van der Waals surface area contributed by atoms with Crippen molar-refractivity contribution < 1.29 is 9.21 Å². The molecule has 1 amide bonds. The van der Waals surface area contributed by atoms with Crippen LogP contribution in [-0.4, -0.2) is 31.4 Å². The number of carbonyl (C=O) groups excluding carboxylic acids is 1. The lowest BCUT2D eigenvalue weighted by molar-refractivity contribution is -0.118. The summed E-state index contributed by atoms with van der Waals surface area (Å²) in [6.45, 7) is 4.64. The second-order valence-corrected chi connectivity index (χ2v) is 8.10. The minimum absolute atomic E-state index is 0.0941. The van der Waals surface area contributed by atoms with Crippen molar-refractivity contribution in [1.29, 1.82) is 0 Å². The number of pyridine rings is 1. The van der Waals surface area contributed by atoms with E-state index in [2.05, 4.69) is 57.1 Å². The molecular weight excluding hydrogens is 422 g/mol. The van der Waals surface area contributed by atoms with Crippen molar-refractivity contribution in [3.05, 3.63) is 78.0 Å². The predicted octanol–water partition coefficient (Wildman–Crippen LogP) is 4.46. The van der Waals surface area contributed by atoms with Gasteiger partial charge in [0.05, 0.1) is 24.2 Å². The average molecular weight is 448 g/mol. The van der Waals surface area contributed by atoms with Crippen LogP contribution in [0.5, 0.6) is 0 Å². The lowest BCUT2D eigenvalue weighted by Crippen LogP contribution is -2.24. The van der Waals surface area contributed by atoms with Crippen molar-refractivity contribution in [1.82, 2.24) is 25.1 Å². The summed E-state index contributed by atoms with van der Waals surface area (Å²) in [6, 6.07) is 13.8. The molecule has 0 saturated heterocycles. The number of para-hydroxylation sites is 1. The largest absolute Gasteiger partial charge is 0.467 e. The molecule has 0 fully saturated rings. The van der Waals surface area contributed by atoms with Crippen LogP contribution in [0.25, 0.3) is 17.1 Å². The van der Waals surface area contributed by atoms with E-state index in [4.69, 9.17) is 4.42 Å². The molecule has 32 heavy (non-hydrogen) atoms. The summed E-state index contributed by atoms with van der Waals surface area (Å²) in [5.74, 6) is 1.56. The molecule has 8 heteroatoms. The standard InChI is InChI=1S/C24H25N5O2S/c1-3-17-8-5-9-18(4-2)22(17)29-23(19-10-6-12-25-14-19)27-28-24(29)32-16-21(30)26-15-20-11-7-13-31-20/h5-14H,3-4,15-16H2,1-2H3,(H,26,30). The molecule has 0 aliphatic rings. The normalized spacial score (nSPS) is 10.9. The first-order valence-corrected chi connectivity index (χ1v) is 11.6. The van der Waals surface area contributed by atoms with Gasteiger partial charge >= 0.3 is 0 Å². The number of thioether (sulfide) groups is 1. The molecule has 0 aliphatic heterocycles. The van der Waals surface area contributed by atoms with Gasteiger partial charge in [-0.25, -0.2) is 0 Å². The maximum absolute atomic E-state index is 12.4. The Morgan fingerprint density at radius 3 is 2.53 bits per heavy atom. The van der Waals surface area contributed by atoms with E-state index in [9.17, 15) is 4.79 Å². The lowest BCUT2D eigenvalue weighted by atomic mass is 10.0. The number of aromatic nitrogens is 4. The fraction of sp³-hybridized carbons (Fsp3) is 0.250. The second-order valence-electron chi connectivity index (χ2n) is 7.16. The van der Waals surface area contributed by atoms with Crippen LogP contribution in [0.2, 0.25) is 0 Å². The van der Waals surface area contributed by atoms with Crippen LogP contribution in [0.1, 0.15) is 30.7 Å². The Balaban J connectivity index is 1.67. The number of hydrogen-bond donors (Lipinski definition) is 1. The van der Waals surface area contributed by atoms with E-state index in [1.807, 2.05) is 18.2 Å². The third-order valence-corrected chi connectivity index (χ3v) is 6.04. The highest BCUT2D eigenvalue weighted by Crippen LogP contribution is 2.32. The topological polar surface area (TPSA) is 85.8 Å². The monoisotopic (exact) mass is 447 g/mol. The van der Waals surface area contributed by atoms with Gasteiger partial charge in [0.25, 0.3) is 0 Å². The van der Waals surface area contributed by atoms with Gasteiger partial charge in [0.1, 0.15) is 5.76 Å². The second kappa shape index (κ2) is 10.3. The zero-order valence-corrected chi connectivity index (χ0v) is 18.9. The molecule has 7 nitrogen and oxygen atoms in total. The van der Waals surface area contributed by atoms with Crippen molar-refractivity contribution in [2.24, 2.45) is 0 Å². The SMILES string of the molecule is CCc1cccc(CC)c1-n1c(SCC(=O)NCc2ccco2)nnc1-c1cccnc1. The summed E-state index contributed by atoms with van der Waals surface area (Å²) in [5.41, 5.74) is 4.37. The van der Waals surface area contributed by atoms with E-state index >= 15 is 0 Å². The van der Waals surface area contributed by atoms with E-state index in [0.29, 0.717) is 17.5 Å². The maximum Gasteiger partial charge on any atom is 0.230 e. The van der Waals surface area contributed by atoms with Crippen LogP contribution in [0, 0.1) is 0 Å². The summed E-state index contributed by atoms with van der Waals surface area (Å²) in [5, 5.41) is 12.5. The molecule has 4 aromatic rings. The number of hydrogen-bond acceptors (Lipinski definition) is 6. The molecule has 164 valence electrons. The maximum atomic E-state index is 12.4. The minimum Gasteiger partial charge on any atom is -0.467 e. The van der Waals surface area contributed by atoms with E-state index in [0.717, 1.165) is 29.9 Å². The molecule has 3 aromatic heterocycles. The zero-order valence-electron chi connectivity index (χ0n) is 18.1.